The van der Waals surface area contributed by atoms with Gasteiger partial charge < -0.3 is 5.32 Å². The third-order valence-corrected chi connectivity index (χ3v) is 11.1. The van der Waals surface area contributed by atoms with Crippen LogP contribution in [-0.4, -0.2) is 56.4 Å². The summed E-state index contributed by atoms with van der Waals surface area (Å²) >= 11 is 3.01. The van der Waals surface area contributed by atoms with Crippen LogP contribution in [0.1, 0.15) is 17.8 Å². The molecule has 1 amide bonds. The van der Waals surface area contributed by atoms with Crippen LogP contribution in [-0.2, 0) is 24.7 Å². The number of rotatable bonds is 5. The van der Waals surface area contributed by atoms with Gasteiger partial charge in [-0.05, 0) is 56.2 Å². The van der Waals surface area contributed by atoms with Gasteiger partial charge in [-0.2, -0.15) is 4.31 Å². The number of thiazole rings is 2. The number of hydrogen-bond acceptors (Lipinski definition) is 9. The number of nitrogens with one attached hydrogen (secondary N) is 1. The lowest BCUT2D eigenvalue weighted by Gasteiger charge is -2.30. The number of amides is 1. The summed E-state index contributed by atoms with van der Waals surface area (Å²) < 4.78 is 52.6. The number of aromatic nitrogens is 2. The standard InChI is InChI=1S/C22H22N4O5S4/c1-13-23-17-7-8-18-20(19(17)32-13)33-22(24-18)25-21(27)14-9-11-26(12-10-14)35(30,31)16-5-3-15(4-6-16)34(2,28)29/h3-8,14H,9-12H2,1-2H3,(H,24,25,27). The molecule has 1 N–H and O–H groups in total. The molecule has 0 aliphatic carbocycles. The van der Waals surface area contributed by atoms with Gasteiger partial charge in [0.2, 0.25) is 15.9 Å². The van der Waals surface area contributed by atoms with Crippen LogP contribution in [0, 0.1) is 12.8 Å². The van der Waals surface area contributed by atoms with Gasteiger partial charge in [0.25, 0.3) is 0 Å². The zero-order valence-electron chi connectivity index (χ0n) is 18.9. The number of sulfone groups is 1. The first-order valence-electron chi connectivity index (χ1n) is 10.8. The van der Waals surface area contributed by atoms with Crippen LogP contribution in [0.25, 0.3) is 20.4 Å². The highest BCUT2D eigenvalue weighted by molar-refractivity contribution is 7.90. The lowest BCUT2D eigenvalue weighted by atomic mass is 9.97. The van der Waals surface area contributed by atoms with E-state index >= 15 is 0 Å². The summed E-state index contributed by atoms with van der Waals surface area (Å²) in [6.45, 7) is 2.36. The van der Waals surface area contributed by atoms with Crippen LogP contribution in [0.5, 0.6) is 0 Å². The summed E-state index contributed by atoms with van der Waals surface area (Å²) in [6, 6.07) is 9.02. The monoisotopic (exact) mass is 550 g/mol. The molecule has 5 rings (SSSR count). The van der Waals surface area contributed by atoms with E-state index in [1.54, 1.807) is 11.3 Å². The molecule has 1 fully saturated rings. The Morgan fingerprint density at radius 1 is 0.914 bits per heavy atom. The Hall–Kier alpha value is -2.45. The third kappa shape index (κ3) is 4.70. The summed E-state index contributed by atoms with van der Waals surface area (Å²) in [5.41, 5.74) is 1.73. The van der Waals surface area contributed by atoms with Crippen LogP contribution >= 0.6 is 22.7 Å². The Morgan fingerprint density at radius 2 is 1.49 bits per heavy atom. The van der Waals surface area contributed by atoms with E-state index in [2.05, 4.69) is 15.3 Å². The highest BCUT2D eigenvalue weighted by Crippen LogP contribution is 2.36. The quantitative estimate of drug-likeness (QED) is 0.402. The van der Waals surface area contributed by atoms with E-state index in [4.69, 9.17) is 0 Å². The molecule has 1 aliphatic heterocycles. The topological polar surface area (TPSA) is 126 Å². The van der Waals surface area contributed by atoms with E-state index in [1.165, 1.54) is 39.9 Å². The highest BCUT2D eigenvalue weighted by Gasteiger charge is 2.32. The van der Waals surface area contributed by atoms with Crippen molar-refractivity contribution in [1.29, 1.82) is 0 Å². The number of hydrogen-bond donors (Lipinski definition) is 1. The second kappa shape index (κ2) is 8.89. The van der Waals surface area contributed by atoms with Gasteiger partial charge in [0.05, 0.1) is 35.2 Å². The summed E-state index contributed by atoms with van der Waals surface area (Å²) in [5, 5.41) is 4.40. The Morgan fingerprint density at radius 3 is 2.11 bits per heavy atom. The number of carbonyl (C=O) groups excluding carboxylic acids is 1. The van der Waals surface area contributed by atoms with E-state index in [1.807, 2.05) is 19.1 Å². The van der Waals surface area contributed by atoms with Crippen molar-refractivity contribution in [3.63, 3.8) is 0 Å². The molecule has 0 spiro atoms. The summed E-state index contributed by atoms with van der Waals surface area (Å²) in [4.78, 5) is 22.0. The van der Waals surface area contributed by atoms with Crippen molar-refractivity contribution in [3.05, 3.63) is 41.4 Å². The number of carbonyl (C=O) groups is 1. The number of fused-ring (bicyclic) bond motifs is 3. The van der Waals surface area contributed by atoms with Crippen molar-refractivity contribution >= 4 is 74.0 Å². The number of sulfonamides is 1. The van der Waals surface area contributed by atoms with Crippen LogP contribution in [0.4, 0.5) is 5.13 Å². The zero-order chi connectivity index (χ0) is 25.0. The first-order chi connectivity index (χ1) is 16.5. The van der Waals surface area contributed by atoms with Crippen molar-refractivity contribution in [3.8, 4) is 0 Å². The minimum atomic E-state index is -3.78. The molecule has 184 valence electrons. The Labute approximate surface area is 210 Å². The molecule has 1 saturated heterocycles. The van der Waals surface area contributed by atoms with Crippen molar-refractivity contribution in [2.75, 3.05) is 24.7 Å². The molecule has 9 nitrogen and oxygen atoms in total. The van der Waals surface area contributed by atoms with Gasteiger partial charge in [0, 0.05) is 25.3 Å². The molecule has 0 bridgehead atoms. The molecule has 0 radical (unpaired) electrons. The first kappa shape index (κ1) is 24.3. The summed E-state index contributed by atoms with van der Waals surface area (Å²) in [5.74, 6) is -0.498. The number of anilines is 1. The molecule has 2 aromatic heterocycles. The van der Waals surface area contributed by atoms with E-state index in [9.17, 15) is 21.6 Å². The fourth-order valence-corrected chi connectivity index (χ4v) is 8.22. The average Bonchev–Trinajstić information content (AvgIpc) is 3.40. The SMILES string of the molecule is Cc1nc2ccc3nc(NC(=O)C4CCN(S(=O)(=O)c5ccc(S(C)(=O)=O)cc5)CC4)sc3c2s1. The Kier molecular flexibility index (Phi) is 6.16. The fourth-order valence-electron chi connectivity index (χ4n) is 4.11. The number of aryl methyl sites for hydroxylation is 1. The van der Waals surface area contributed by atoms with Crippen LogP contribution in [0.3, 0.4) is 0 Å². The van der Waals surface area contributed by atoms with Gasteiger partial charge in [0.1, 0.15) is 0 Å². The minimum Gasteiger partial charge on any atom is -0.302 e. The highest BCUT2D eigenvalue weighted by atomic mass is 32.2. The summed E-state index contributed by atoms with van der Waals surface area (Å²) in [6.07, 6.45) is 1.84. The molecule has 4 aromatic rings. The van der Waals surface area contributed by atoms with Crippen molar-refractivity contribution in [2.24, 2.45) is 5.92 Å². The molecule has 2 aromatic carbocycles. The van der Waals surface area contributed by atoms with Gasteiger partial charge in [-0.1, -0.05) is 11.3 Å². The van der Waals surface area contributed by atoms with Crippen LogP contribution in [0.15, 0.2) is 46.2 Å². The number of benzene rings is 2. The zero-order valence-corrected chi connectivity index (χ0v) is 22.2. The van der Waals surface area contributed by atoms with Crippen molar-refractivity contribution in [2.45, 2.75) is 29.6 Å². The predicted octanol–water partition coefficient (Wildman–Crippen LogP) is 3.66. The summed E-state index contributed by atoms with van der Waals surface area (Å²) in [7, 11) is -7.19. The molecule has 0 atom stereocenters. The molecular formula is C22H22N4O5S4. The van der Waals surface area contributed by atoms with Crippen molar-refractivity contribution < 1.29 is 21.6 Å². The van der Waals surface area contributed by atoms with Gasteiger partial charge in [0.15, 0.2) is 15.0 Å². The Balaban J connectivity index is 1.25. The molecule has 35 heavy (non-hydrogen) atoms. The van der Waals surface area contributed by atoms with Gasteiger partial charge in [-0.15, -0.1) is 11.3 Å². The normalized spacial score (nSPS) is 16.2. The average molecular weight is 551 g/mol. The third-order valence-electron chi connectivity index (χ3n) is 5.96. The van der Waals surface area contributed by atoms with Crippen molar-refractivity contribution in [1.82, 2.24) is 14.3 Å². The molecule has 13 heteroatoms. The lowest BCUT2D eigenvalue weighted by Crippen LogP contribution is -2.41. The maximum Gasteiger partial charge on any atom is 0.243 e. The second-order valence-corrected chi connectivity index (χ2v) is 14.6. The maximum atomic E-state index is 13.0. The molecule has 1 aliphatic rings. The second-order valence-electron chi connectivity index (χ2n) is 8.43. The van der Waals surface area contributed by atoms with Gasteiger partial charge >= 0.3 is 0 Å². The largest absolute Gasteiger partial charge is 0.302 e. The molecule has 0 saturated carbocycles. The number of piperidine rings is 1. The van der Waals surface area contributed by atoms with E-state index in [0.717, 1.165) is 31.7 Å². The van der Waals surface area contributed by atoms with Gasteiger partial charge in [-0.25, -0.2) is 26.8 Å². The van der Waals surface area contributed by atoms with Crippen LogP contribution < -0.4 is 5.32 Å². The first-order valence-corrected chi connectivity index (χ1v) is 15.8. The van der Waals surface area contributed by atoms with E-state index in [0.29, 0.717) is 18.0 Å². The molecular weight excluding hydrogens is 529 g/mol. The number of nitrogens with zero attached hydrogens (tertiary/aromatic N) is 3. The molecule has 3 heterocycles. The molecule has 0 unspecified atom stereocenters. The van der Waals surface area contributed by atoms with E-state index < -0.39 is 19.9 Å². The minimum absolute atomic E-state index is 0.0342. The predicted molar refractivity (Wildman–Crippen MR) is 137 cm³/mol. The fraction of sp³-hybridized carbons (Fsp3) is 0.318. The smallest absolute Gasteiger partial charge is 0.243 e. The van der Waals surface area contributed by atoms with E-state index in [-0.39, 0.29) is 34.7 Å². The van der Waals surface area contributed by atoms with Crippen LogP contribution in [0.2, 0.25) is 0 Å². The maximum absolute atomic E-state index is 13.0. The lowest BCUT2D eigenvalue weighted by molar-refractivity contribution is -0.120. The van der Waals surface area contributed by atoms with Gasteiger partial charge in [-0.3, -0.25) is 4.79 Å². The Bertz CT molecular complexity index is 1650.